The summed E-state index contributed by atoms with van der Waals surface area (Å²) in [5, 5.41) is 18.8. The molecule has 0 amide bonds. The highest BCUT2D eigenvalue weighted by Crippen LogP contribution is 2.37. The number of benzene rings is 6. The van der Waals surface area contributed by atoms with Crippen molar-refractivity contribution in [2.45, 2.75) is 49.5 Å². The van der Waals surface area contributed by atoms with Crippen LogP contribution < -0.4 is 21.3 Å². The summed E-state index contributed by atoms with van der Waals surface area (Å²) in [5.74, 6) is -0.247. The second kappa shape index (κ2) is 21.0. The largest absolute Gasteiger partial charge is 0.416 e. The Bertz CT molecular complexity index is 2940. The number of piperazine rings is 2. The Hall–Kier alpha value is -7.24. The minimum Gasteiger partial charge on any atom is -0.369 e. The number of anilines is 2. The number of nitrogens with two attached hydrogens (primary N) is 2. The van der Waals surface area contributed by atoms with E-state index in [4.69, 9.17) is 21.8 Å². The molecular formula is C55H56F4N12. The Labute approximate surface area is 410 Å². The van der Waals surface area contributed by atoms with Crippen molar-refractivity contribution in [1.82, 2.24) is 39.8 Å². The molecule has 0 bridgehead atoms. The smallest absolute Gasteiger partial charge is 0.369 e. The molecule has 4 heterocycles. The fourth-order valence-corrected chi connectivity index (χ4v) is 10.1. The normalized spacial score (nSPS) is 17.7. The molecule has 2 aromatic heterocycles. The second-order valence-corrected chi connectivity index (χ2v) is 18.4. The van der Waals surface area contributed by atoms with E-state index in [9.17, 15) is 17.6 Å². The standard InChI is InChI=1S/C55H56F4N12/c56-45-21-25-48(26-22-45)67-29-27-66(28-30-67)34-46-36-71(64-62-46)54(52(61)40-13-6-2-7-14-40)43-18-10-17-42(33-43)50-38-68(49-23-19-44(20-24-49)55(57,58)59)31-32-69(50)35-47-37-70(65-63-47)53(41-15-8-3-9-16-41)51(60)39-11-4-1-5-12-39/h1-26,33,36-37,50-54H,27-32,34-35,38,60-61H2/t50?,51-,52-,53+,54+/m0/s1. The maximum Gasteiger partial charge on any atom is 0.416 e. The van der Waals surface area contributed by atoms with E-state index in [1.165, 1.54) is 12.1 Å². The molecule has 8 aromatic rings. The average Bonchev–Trinajstić information content (AvgIpc) is 4.07. The Morgan fingerprint density at radius 3 is 1.59 bits per heavy atom. The summed E-state index contributed by atoms with van der Waals surface area (Å²) in [6.07, 6.45) is -0.480. The van der Waals surface area contributed by atoms with E-state index < -0.39 is 29.9 Å². The quantitative estimate of drug-likeness (QED) is 0.0963. The summed E-state index contributed by atoms with van der Waals surface area (Å²) in [4.78, 5) is 9.11. The summed E-state index contributed by atoms with van der Waals surface area (Å²) in [6.45, 7) is 5.95. The first-order valence-electron chi connectivity index (χ1n) is 24.0. The number of hydrogen-bond acceptors (Lipinski definition) is 10. The SMILES string of the molecule is N[C@@H](c1ccccc1)[C@@H](c1cccc(C2CN(c3ccc(C(F)(F)F)cc3)CCN2Cc2cn([C@H](c3ccccc3)[C@@H](N)c3ccccc3)nn2)c1)n1cc(CN2CCN(c3ccc(F)cc3)CC2)nn1. The fraction of sp³-hybridized carbons (Fsp3) is 0.273. The third kappa shape index (κ3) is 10.9. The molecule has 12 nitrogen and oxygen atoms in total. The molecule has 0 aliphatic carbocycles. The van der Waals surface area contributed by atoms with Crippen LogP contribution in [0.3, 0.4) is 0 Å². The zero-order chi connectivity index (χ0) is 48.9. The Morgan fingerprint density at radius 2 is 1.01 bits per heavy atom. The van der Waals surface area contributed by atoms with Gasteiger partial charge >= 0.3 is 6.18 Å². The summed E-state index contributed by atoms with van der Waals surface area (Å²) < 4.78 is 58.4. The molecule has 1 unspecified atom stereocenters. The lowest BCUT2D eigenvalue weighted by Gasteiger charge is -2.42. The highest BCUT2D eigenvalue weighted by atomic mass is 19.4. The van der Waals surface area contributed by atoms with Crippen LogP contribution in [-0.4, -0.2) is 85.6 Å². The molecule has 0 saturated carbocycles. The summed E-state index contributed by atoms with van der Waals surface area (Å²) in [7, 11) is 0. The monoisotopic (exact) mass is 960 g/mol. The second-order valence-electron chi connectivity index (χ2n) is 18.4. The van der Waals surface area contributed by atoms with E-state index in [-0.39, 0.29) is 17.9 Å². The van der Waals surface area contributed by atoms with Crippen LogP contribution >= 0.6 is 0 Å². The minimum atomic E-state index is -4.44. The van der Waals surface area contributed by atoms with Crippen LogP contribution in [0.4, 0.5) is 28.9 Å². The van der Waals surface area contributed by atoms with Gasteiger partial charge in [-0.3, -0.25) is 9.80 Å². The van der Waals surface area contributed by atoms with Gasteiger partial charge in [-0.25, -0.2) is 13.8 Å². The van der Waals surface area contributed by atoms with Crippen molar-refractivity contribution in [2.75, 3.05) is 55.6 Å². The molecule has 0 radical (unpaired) electrons. The first-order chi connectivity index (χ1) is 34.5. The highest BCUT2D eigenvalue weighted by Gasteiger charge is 2.34. The molecule has 16 heteroatoms. The molecule has 2 aliphatic rings. The molecule has 2 saturated heterocycles. The summed E-state index contributed by atoms with van der Waals surface area (Å²) in [6, 6.07) is 48.5. The molecule has 4 N–H and O–H groups in total. The first kappa shape index (κ1) is 47.4. The van der Waals surface area contributed by atoms with Crippen molar-refractivity contribution in [3.05, 3.63) is 227 Å². The molecule has 2 aliphatic heterocycles. The topological polar surface area (TPSA) is 126 Å². The van der Waals surface area contributed by atoms with Gasteiger partial charge < -0.3 is 21.3 Å². The van der Waals surface area contributed by atoms with Gasteiger partial charge in [-0.15, -0.1) is 10.2 Å². The van der Waals surface area contributed by atoms with Crippen LogP contribution in [-0.2, 0) is 19.3 Å². The third-order valence-corrected chi connectivity index (χ3v) is 13.9. The van der Waals surface area contributed by atoms with Crippen LogP contribution in [0.5, 0.6) is 0 Å². The summed E-state index contributed by atoms with van der Waals surface area (Å²) in [5.41, 5.74) is 21.7. The predicted octanol–water partition coefficient (Wildman–Crippen LogP) is 8.99. The van der Waals surface area contributed by atoms with Gasteiger partial charge in [0.05, 0.1) is 59.6 Å². The van der Waals surface area contributed by atoms with Crippen molar-refractivity contribution in [2.24, 2.45) is 11.5 Å². The lowest BCUT2D eigenvalue weighted by Crippen LogP contribution is -2.48. The van der Waals surface area contributed by atoms with Gasteiger partial charge in [-0.05, 0) is 76.3 Å². The van der Waals surface area contributed by atoms with Gasteiger partial charge in [-0.1, -0.05) is 126 Å². The van der Waals surface area contributed by atoms with E-state index in [0.29, 0.717) is 38.4 Å². The number of alkyl halides is 3. The van der Waals surface area contributed by atoms with E-state index in [1.54, 1.807) is 12.1 Å². The molecule has 10 rings (SSSR count). The van der Waals surface area contributed by atoms with Gasteiger partial charge in [0.15, 0.2) is 0 Å². The Morgan fingerprint density at radius 1 is 0.521 bits per heavy atom. The number of halogens is 4. The Kier molecular flexibility index (Phi) is 14.0. The number of nitrogens with zero attached hydrogens (tertiary/aromatic N) is 10. The van der Waals surface area contributed by atoms with Gasteiger partial charge in [0.1, 0.15) is 5.82 Å². The maximum atomic E-state index is 13.7. The van der Waals surface area contributed by atoms with Crippen molar-refractivity contribution in [3.8, 4) is 0 Å². The fourth-order valence-electron chi connectivity index (χ4n) is 10.1. The Balaban J connectivity index is 0.947. The molecule has 6 aromatic carbocycles. The zero-order valence-corrected chi connectivity index (χ0v) is 39.1. The van der Waals surface area contributed by atoms with Crippen LogP contribution in [0.15, 0.2) is 176 Å². The summed E-state index contributed by atoms with van der Waals surface area (Å²) >= 11 is 0. The van der Waals surface area contributed by atoms with E-state index in [0.717, 1.165) is 83.2 Å². The highest BCUT2D eigenvalue weighted by molar-refractivity contribution is 5.50. The van der Waals surface area contributed by atoms with Crippen LogP contribution in [0.2, 0.25) is 0 Å². The van der Waals surface area contributed by atoms with Gasteiger partial charge in [0.2, 0.25) is 0 Å². The zero-order valence-electron chi connectivity index (χ0n) is 39.1. The van der Waals surface area contributed by atoms with Gasteiger partial charge in [0.25, 0.3) is 0 Å². The number of hydrogen-bond donors (Lipinski definition) is 2. The lowest BCUT2D eigenvalue weighted by atomic mass is 9.91. The molecule has 364 valence electrons. The van der Waals surface area contributed by atoms with E-state index in [1.807, 2.05) is 119 Å². The first-order valence-corrected chi connectivity index (χ1v) is 24.0. The van der Waals surface area contributed by atoms with Gasteiger partial charge in [0, 0.05) is 70.3 Å². The van der Waals surface area contributed by atoms with Crippen LogP contribution in [0.1, 0.15) is 75.0 Å². The maximum absolute atomic E-state index is 13.7. The van der Waals surface area contributed by atoms with Crippen LogP contribution in [0, 0.1) is 5.82 Å². The molecular weight excluding hydrogens is 905 g/mol. The lowest BCUT2D eigenvalue weighted by molar-refractivity contribution is -0.137. The number of aromatic nitrogens is 6. The van der Waals surface area contributed by atoms with Crippen molar-refractivity contribution in [3.63, 3.8) is 0 Å². The van der Waals surface area contributed by atoms with Crippen molar-refractivity contribution in [1.29, 1.82) is 0 Å². The van der Waals surface area contributed by atoms with E-state index in [2.05, 4.69) is 60.2 Å². The van der Waals surface area contributed by atoms with Crippen molar-refractivity contribution < 1.29 is 17.6 Å². The molecule has 0 spiro atoms. The average molecular weight is 961 g/mol. The van der Waals surface area contributed by atoms with Crippen LogP contribution in [0.25, 0.3) is 0 Å². The number of rotatable bonds is 15. The minimum absolute atomic E-state index is 0.221. The van der Waals surface area contributed by atoms with Crippen molar-refractivity contribution >= 4 is 11.4 Å². The predicted molar refractivity (Wildman–Crippen MR) is 267 cm³/mol. The molecule has 2 fully saturated rings. The third-order valence-electron chi connectivity index (χ3n) is 13.9. The van der Waals surface area contributed by atoms with Gasteiger partial charge in [-0.2, -0.15) is 13.2 Å². The molecule has 5 atom stereocenters. The van der Waals surface area contributed by atoms with E-state index >= 15 is 0 Å². The molecule has 71 heavy (non-hydrogen) atoms.